The Morgan fingerprint density at radius 3 is 2.39 bits per heavy atom. The number of amides is 4. The molecule has 0 bridgehead atoms. The predicted octanol–water partition coefficient (Wildman–Crippen LogP) is 5.90. The summed E-state index contributed by atoms with van der Waals surface area (Å²) in [5, 5.41) is 6.83. The molecule has 2 unspecified atom stereocenters. The summed E-state index contributed by atoms with van der Waals surface area (Å²) in [6.45, 7) is 7.39. The van der Waals surface area contributed by atoms with Crippen LogP contribution in [0.2, 0.25) is 5.02 Å². The van der Waals surface area contributed by atoms with Gasteiger partial charge in [0.2, 0.25) is 11.8 Å². The molecule has 6 heterocycles. The number of benzene rings is 3. The van der Waals surface area contributed by atoms with E-state index in [0.717, 1.165) is 95.0 Å². The number of nitrogens with zero attached hydrogens (tertiary/aromatic N) is 6. The van der Waals surface area contributed by atoms with Crippen LogP contribution in [0.4, 0.5) is 11.5 Å². The molecule has 62 heavy (non-hydrogen) atoms. The van der Waals surface area contributed by atoms with E-state index in [2.05, 4.69) is 40.3 Å². The van der Waals surface area contributed by atoms with Gasteiger partial charge in [-0.05, 0) is 94.2 Å². The molecule has 0 saturated carbocycles. The first-order valence-electron chi connectivity index (χ1n) is 21.4. The molecule has 0 spiro atoms. The van der Waals surface area contributed by atoms with Crippen LogP contribution in [0.1, 0.15) is 81.6 Å². The van der Waals surface area contributed by atoms with Gasteiger partial charge in [0.25, 0.3) is 11.8 Å². The molecule has 3 aromatic carbocycles. The summed E-state index contributed by atoms with van der Waals surface area (Å²) in [5.41, 5.74) is 2.89. The van der Waals surface area contributed by atoms with E-state index in [-0.39, 0.29) is 24.7 Å². The van der Waals surface area contributed by atoms with E-state index in [1.807, 2.05) is 36.4 Å². The van der Waals surface area contributed by atoms with Crippen molar-refractivity contribution in [2.75, 3.05) is 62.6 Å². The van der Waals surface area contributed by atoms with E-state index in [1.165, 1.54) is 6.33 Å². The van der Waals surface area contributed by atoms with Crippen molar-refractivity contribution in [3.63, 3.8) is 0 Å². The quantitative estimate of drug-likeness (QED) is 0.0687. The number of halogens is 1. The third kappa shape index (κ3) is 8.65. The van der Waals surface area contributed by atoms with Gasteiger partial charge in [0, 0.05) is 68.7 Å². The fourth-order valence-corrected chi connectivity index (χ4v) is 9.32. The summed E-state index contributed by atoms with van der Waals surface area (Å²) >= 11 is 6.65. The van der Waals surface area contributed by atoms with Gasteiger partial charge in [0.1, 0.15) is 35.3 Å². The third-order valence-electron chi connectivity index (χ3n) is 12.3. The molecule has 4 aliphatic heterocycles. The average Bonchev–Trinajstić information content (AvgIpc) is 3.82. The number of nitrogens with one attached hydrogen (secondary N) is 3. The number of likely N-dealkylation sites (tertiary alicyclic amines) is 1. The van der Waals surface area contributed by atoms with Crippen LogP contribution in [0, 0.1) is 0 Å². The molecule has 5 aromatic rings. The van der Waals surface area contributed by atoms with Crippen LogP contribution in [0.25, 0.3) is 11.0 Å². The van der Waals surface area contributed by atoms with Gasteiger partial charge in [0.05, 0.1) is 27.1 Å². The number of unbranched alkanes of at least 4 members (excludes halogenated alkanes) is 2. The average molecular weight is 858 g/mol. The van der Waals surface area contributed by atoms with Crippen LogP contribution >= 0.6 is 11.6 Å². The second-order valence-electron chi connectivity index (χ2n) is 16.4. The van der Waals surface area contributed by atoms with Crippen molar-refractivity contribution in [1.82, 2.24) is 35.0 Å². The van der Waals surface area contributed by atoms with E-state index in [4.69, 9.17) is 16.3 Å². The number of H-pyrrole nitrogens is 1. The molecule has 3 fully saturated rings. The SMILES string of the molecule is O=C1CCC(N2C(=O)c3ccc(N4CCN(CCCCCN5CCCC(Nc6ncnc7[nH]cc(C(=O)c8ccc(Oc9ccccc9)cc8Cl)c67)C5)CC4)cc3C2=O)C(=O)N1. The standard InChI is InChI=1S/C46H48ClN9O6/c47-37-25-32(62-31-9-3-1-4-10-31)12-14-34(37)41(58)36-26-48-42-40(36)43(50-28-49-42)51-29-8-7-19-54(27-29)18-6-2-5-17-53-20-22-55(23-21-53)30-11-13-33-35(24-30)46(61)56(45(33)60)38-15-16-39(57)52-44(38)59/h1,3-4,9-14,24-26,28-29,38H,2,5-8,15-23,27H2,(H,52,57,59)(H2,48,49,50,51). The Kier molecular flexibility index (Phi) is 12.0. The van der Waals surface area contributed by atoms with Crippen molar-refractivity contribution in [3.8, 4) is 11.5 Å². The van der Waals surface area contributed by atoms with Crippen LogP contribution in [0.3, 0.4) is 0 Å². The minimum Gasteiger partial charge on any atom is -0.457 e. The van der Waals surface area contributed by atoms with Crippen LogP contribution in [0.15, 0.2) is 79.3 Å². The molecule has 0 radical (unpaired) electrons. The number of piperidine rings is 2. The summed E-state index contributed by atoms with van der Waals surface area (Å²) in [6.07, 6.45) is 8.82. The van der Waals surface area contributed by atoms with Gasteiger partial charge >= 0.3 is 0 Å². The number of ether oxygens (including phenoxy) is 1. The van der Waals surface area contributed by atoms with E-state index in [0.29, 0.717) is 55.6 Å². The molecule has 2 atom stereocenters. The summed E-state index contributed by atoms with van der Waals surface area (Å²) in [6, 6.07) is 19.0. The zero-order valence-corrected chi connectivity index (χ0v) is 35.0. The maximum Gasteiger partial charge on any atom is 0.262 e. The predicted molar refractivity (Wildman–Crippen MR) is 234 cm³/mol. The Bertz CT molecular complexity index is 2520. The molecule has 320 valence electrons. The number of aromatic amines is 1. The number of hydrogen-bond acceptors (Lipinski definition) is 12. The van der Waals surface area contributed by atoms with Gasteiger partial charge in [-0.3, -0.25) is 39.1 Å². The van der Waals surface area contributed by atoms with E-state index in [1.54, 1.807) is 36.5 Å². The van der Waals surface area contributed by atoms with Crippen molar-refractivity contribution in [2.24, 2.45) is 0 Å². The molecule has 0 aliphatic carbocycles. The molecule has 15 nitrogen and oxygen atoms in total. The Morgan fingerprint density at radius 1 is 0.806 bits per heavy atom. The van der Waals surface area contributed by atoms with Gasteiger partial charge in [-0.1, -0.05) is 36.2 Å². The molecule has 4 aliphatic rings. The highest BCUT2D eigenvalue weighted by atomic mass is 35.5. The monoisotopic (exact) mass is 857 g/mol. The number of piperazine rings is 1. The van der Waals surface area contributed by atoms with Crippen LogP contribution in [-0.2, 0) is 9.59 Å². The number of rotatable bonds is 14. The normalized spacial score (nSPS) is 19.8. The van der Waals surface area contributed by atoms with Gasteiger partial charge in [-0.2, -0.15) is 0 Å². The number of carbonyl (C=O) groups excluding carboxylic acids is 5. The second kappa shape index (κ2) is 18.1. The summed E-state index contributed by atoms with van der Waals surface area (Å²) < 4.78 is 5.91. The number of anilines is 2. The smallest absolute Gasteiger partial charge is 0.262 e. The number of para-hydroxylation sites is 1. The maximum atomic E-state index is 13.9. The molecular weight excluding hydrogens is 810 g/mol. The Balaban J connectivity index is 0.727. The highest BCUT2D eigenvalue weighted by Gasteiger charge is 2.45. The fourth-order valence-electron chi connectivity index (χ4n) is 9.07. The lowest BCUT2D eigenvalue weighted by molar-refractivity contribution is -0.136. The summed E-state index contributed by atoms with van der Waals surface area (Å²) in [7, 11) is 0. The van der Waals surface area contributed by atoms with Crippen LogP contribution < -0.4 is 20.3 Å². The van der Waals surface area contributed by atoms with E-state index >= 15 is 0 Å². The number of hydrogen-bond donors (Lipinski definition) is 3. The highest BCUT2D eigenvalue weighted by Crippen LogP contribution is 2.33. The maximum absolute atomic E-state index is 13.9. The number of ketones is 1. The van der Waals surface area contributed by atoms with Crippen molar-refractivity contribution in [2.45, 2.75) is 57.0 Å². The molecule has 3 saturated heterocycles. The number of imide groups is 2. The Morgan fingerprint density at radius 2 is 1.60 bits per heavy atom. The molecule has 3 N–H and O–H groups in total. The minimum absolute atomic E-state index is 0.0921. The van der Waals surface area contributed by atoms with Crippen molar-refractivity contribution in [3.05, 3.63) is 107 Å². The fraction of sp³-hybridized carbons (Fsp3) is 0.370. The van der Waals surface area contributed by atoms with Gasteiger partial charge in [-0.25, -0.2) is 9.97 Å². The zero-order valence-electron chi connectivity index (χ0n) is 34.3. The van der Waals surface area contributed by atoms with E-state index in [9.17, 15) is 24.0 Å². The van der Waals surface area contributed by atoms with Crippen molar-refractivity contribution < 1.29 is 28.7 Å². The van der Waals surface area contributed by atoms with E-state index < -0.39 is 29.7 Å². The first kappa shape index (κ1) is 41.2. The Labute approximate surface area is 363 Å². The lowest BCUT2D eigenvalue weighted by atomic mass is 10.0. The minimum atomic E-state index is -0.972. The summed E-state index contributed by atoms with van der Waals surface area (Å²) in [4.78, 5) is 84.8. The summed E-state index contributed by atoms with van der Waals surface area (Å²) in [5.74, 6) is -0.352. The van der Waals surface area contributed by atoms with Gasteiger partial charge in [-0.15, -0.1) is 0 Å². The molecule has 16 heteroatoms. The number of fused-ring (bicyclic) bond motifs is 2. The lowest BCUT2D eigenvalue weighted by Crippen LogP contribution is -2.54. The van der Waals surface area contributed by atoms with Crippen LogP contribution in [-0.4, -0.2) is 124 Å². The topological polar surface area (TPSA) is 173 Å². The highest BCUT2D eigenvalue weighted by molar-refractivity contribution is 6.36. The zero-order chi connectivity index (χ0) is 42.7. The lowest BCUT2D eigenvalue weighted by Gasteiger charge is -2.36. The largest absolute Gasteiger partial charge is 0.457 e. The molecular formula is C46H48ClN9O6. The molecule has 4 amide bonds. The first-order valence-corrected chi connectivity index (χ1v) is 21.8. The molecule has 2 aromatic heterocycles. The second-order valence-corrected chi connectivity index (χ2v) is 16.8. The first-order chi connectivity index (χ1) is 30.2. The third-order valence-corrected chi connectivity index (χ3v) is 12.6. The number of carbonyl (C=O) groups is 5. The van der Waals surface area contributed by atoms with Crippen molar-refractivity contribution >= 4 is 63.6 Å². The number of aromatic nitrogens is 3. The van der Waals surface area contributed by atoms with Crippen molar-refractivity contribution in [1.29, 1.82) is 0 Å². The Hall–Kier alpha value is -6.16. The molecule has 9 rings (SSSR count). The van der Waals surface area contributed by atoms with Gasteiger partial charge < -0.3 is 24.8 Å². The van der Waals surface area contributed by atoms with Gasteiger partial charge in [0.15, 0.2) is 5.78 Å². The van der Waals surface area contributed by atoms with Crippen LogP contribution in [0.5, 0.6) is 11.5 Å².